The van der Waals surface area contributed by atoms with Crippen molar-refractivity contribution in [2.45, 2.75) is 44.7 Å². The van der Waals surface area contributed by atoms with Crippen LogP contribution in [0.4, 0.5) is 0 Å². The number of carbonyl (C=O) groups is 1. The third kappa shape index (κ3) is 5.38. The van der Waals surface area contributed by atoms with Gasteiger partial charge in [-0.25, -0.2) is 0 Å². The summed E-state index contributed by atoms with van der Waals surface area (Å²) in [4.78, 5) is 15.2. The minimum Gasteiger partial charge on any atom is -0.349 e. The zero-order valence-corrected chi connectivity index (χ0v) is 18.0. The monoisotopic (exact) mass is 417 g/mol. The molecule has 2 saturated heterocycles. The minimum atomic E-state index is -0.0844. The predicted octanol–water partition coefficient (Wildman–Crippen LogP) is 3.10. The normalized spacial score (nSPS) is 20.8. The van der Waals surface area contributed by atoms with E-state index in [4.69, 9.17) is 0 Å². The molecule has 29 heavy (non-hydrogen) atoms. The van der Waals surface area contributed by atoms with E-state index < -0.39 is 0 Å². The summed E-state index contributed by atoms with van der Waals surface area (Å²) in [5.41, 5.74) is 3.04. The van der Waals surface area contributed by atoms with E-state index in [2.05, 4.69) is 51.8 Å². The van der Waals surface area contributed by atoms with Crippen LogP contribution < -0.4 is 10.6 Å². The van der Waals surface area contributed by atoms with Gasteiger partial charge in [0.15, 0.2) is 0 Å². The Labute approximate surface area is 179 Å². The Morgan fingerprint density at radius 3 is 2.66 bits per heavy atom. The average Bonchev–Trinajstić information content (AvgIpc) is 3.42. The summed E-state index contributed by atoms with van der Waals surface area (Å²) in [6.45, 7) is 6.90. The topological polar surface area (TPSA) is 62.2 Å². The lowest BCUT2D eigenvalue weighted by molar-refractivity contribution is 0.0931. The average molecular weight is 418 g/mol. The van der Waals surface area contributed by atoms with Crippen molar-refractivity contribution < 1.29 is 4.79 Å². The zero-order chi connectivity index (χ0) is 19.3. The first kappa shape index (κ1) is 21.8. The maximum Gasteiger partial charge on any atom is 0.271 e. The van der Waals surface area contributed by atoms with Crippen molar-refractivity contribution in [2.24, 2.45) is 0 Å². The molecule has 1 amide bonds. The molecule has 0 bridgehead atoms. The highest BCUT2D eigenvalue weighted by Crippen LogP contribution is 2.25. The van der Waals surface area contributed by atoms with Crippen LogP contribution in [-0.4, -0.2) is 53.3 Å². The van der Waals surface area contributed by atoms with Crippen LogP contribution in [0.25, 0.3) is 0 Å². The molecule has 0 spiro atoms. The molecule has 2 aliphatic rings. The van der Waals surface area contributed by atoms with Crippen molar-refractivity contribution in [2.75, 3.05) is 32.7 Å². The van der Waals surface area contributed by atoms with Gasteiger partial charge < -0.3 is 10.6 Å². The molecule has 3 heterocycles. The molecule has 1 aromatic heterocycles. The second kappa shape index (κ2) is 10.2. The number of carbonyl (C=O) groups excluding carboxylic acids is 1. The van der Waals surface area contributed by atoms with E-state index in [-0.39, 0.29) is 24.4 Å². The van der Waals surface area contributed by atoms with Gasteiger partial charge in [0.25, 0.3) is 5.91 Å². The Hall–Kier alpha value is -1.89. The fourth-order valence-corrected chi connectivity index (χ4v) is 4.30. The first-order valence-corrected chi connectivity index (χ1v) is 10.6. The van der Waals surface area contributed by atoms with Crippen LogP contribution in [0, 0.1) is 6.92 Å². The number of halogens is 1. The van der Waals surface area contributed by atoms with E-state index in [1.807, 2.05) is 16.9 Å². The third-order valence-electron chi connectivity index (χ3n) is 5.99. The number of amides is 1. The zero-order valence-electron chi connectivity index (χ0n) is 17.1. The molecule has 7 heteroatoms. The summed E-state index contributed by atoms with van der Waals surface area (Å²) in [6.07, 6.45) is 6.66. The number of aryl methyl sites for hydroxylation is 1. The lowest BCUT2D eigenvalue weighted by Crippen LogP contribution is -2.37. The Morgan fingerprint density at radius 2 is 1.97 bits per heavy atom. The minimum absolute atomic E-state index is 0. The standard InChI is InChI=1S/C22H31N5O.ClH/c1-17-6-8-18(9-7-17)21(26-12-2-3-13-26)16-24-22(28)20-10-14-27(25-20)19-5-4-11-23-15-19;/h6-10,14,19,21,23H,2-5,11-13,15-16H2,1H3,(H,24,28);1H. The number of hydrogen-bond donors (Lipinski definition) is 2. The third-order valence-corrected chi connectivity index (χ3v) is 5.99. The summed E-state index contributed by atoms with van der Waals surface area (Å²) in [7, 11) is 0. The second-order valence-corrected chi connectivity index (χ2v) is 8.06. The largest absolute Gasteiger partial charge is 0.349 e. The van der Waals surface area contributed by atoms with Crippen LogP contribution >= 0.6 is 12.4 Å². The Balaban J connectivity index is 0.00000240. The molecule has 2 aromatic rings. The molecule has 2 aliphatic heterocycles. The lowest BCUT2D eigenvalue weighted by atomic mass is 10.0. The summed E-state index contributed by atoms with van der Waals surface area (Å²) >= 11 is 0. The maximum atomic E-state index is 12.7. The van der Waals surface area contributed by atoms with Crippen LogP contribution in [0.5, 0.6) is 0 Å². The fourth-order valence-electron chi connectivity index (χ4n) is 4.30. The maximum absolute atomic E-state index is 12.7. The second-order valence-electron chi connectivity index (χ2n) is 8.06. The first-order valence-electron chi connectivity index (χ1n) is 10.6. The molecule has 0 saturated carbocycles. The van der Waals surface area contributed by atoms with E-state index in [9.17, 15) is 4.79 Å². The molecule has 2 unspecified atom stereocenters. The van der Waals surface area contributed by atoms with E-state index in [1.165, 1.54) is 24.0 Å². The number of likely N-dealkylation sites (tertiary alicyclic amines) is 1. The summed E-state index contributed by atoms with van der Waals surface area (Å²) < 4.78 is 1.94. The molecule has 2 atom stereocenters. The molecule has 0 aliphatic carbocycles. The van der Waals surface area contributed by atoms with Gasteiger partial charge in [0.2, 0.25) is 0 Å². The highest BCUT2D eigenvalue weighted by Gasteiger charge is 2.25. The Kier molecular flexibility index (Phi) is 7.70. The number of piperidine rings is 1. The van der Waals surface area contributed by atoms with Gasteiger partial charge in [-0.15, -0.1) is 12.4 Å². The van der Waals surface area contributed by atoms with Crippen LogP contribution in [0.15, 0.2) is 36.5 Å². The molecule has 2 fully saturated rings. The Bertz CT molecular complexity index is 779. The van der Waals surface area contributed by atoms with Crippen molar-refractivity contribution in [3.8, 4) is 0 Å². The smallest absolute Gasteiger partial charge is 0.271 e. The molecule has 4 rings (SSSR count). The molecular weight excluding hydrogens is 386 g/mol. The summed E-state index contributed by atoms with van der Waals surface area (Å²) in [5.74, 6) is -0.0844. The van der Waals surface area contributed by atoms with E-state index in [0.717, 1.165) is 39.0 Å². The quantitative estimate of drug-likeness (QED) is 0.758. The van der Waals surface area contributed by atoms with Crippen molar-refractivity contribution in [1.82, 2.24) is 25.3 Å². The summed E-state index contributed by atoms with van der Waals surface area (Å²) in [6, 6.07) is 11.1. The van der Waals surface area contributed by atoms with Gasteiger partial charge in [-0.1, -0.05) is 29.8 Å². The Morgan fingerprint density at radius 1 is 1.21 bits per heavy atom. The van der Waals surface area contributed by atoms with Crippen LogP contribution in [0.3, 0.4) is 0 Å². The van der Waals surface area contributed by atoms with Crippen LogP contribution in [-0.2, 0) is 0 Å². The number of hydrogen-bond acceptors (Lipinski definition) is 4. The highest BCUT2D eigenvalue weighted by molar-refractivity contribution is 5.92. The van der Waals surface area contributed by atoms with Crippen molar-refractivity contribution >= 4 is 18.3 Å². The summed E-state index contributed by atoms with van der Waals surface area (Å²) in [5, 5.41) is 11.1. The molecule has 0 radical (unpaired) electrons. The van der Waals surface area contributed by atoms with Gasteiger partial charge in [-0.2, -0.15) is 5.10 Å². The van der Waals surface area contributed by atoms with E-state index in [1.54, 1.807) is 0 Å². The van der Waals surface area contributed by atoms with Gasteiger partial charge in [0, 0.05) is 19.3 Å². The van der Waals surface area contributed by atoms with Gasteiger partial charge in [0.05, 0.1) is 12.1 Å². The number of nitrogens with one attached hydrogen (secondary N) is 2. The molecular formula is C22H32ClN5O. The van der Waals surface area contributed by atoms with Gasteiger partial charge in [-0.3, -0.25) is 14.4 Å². The van der Waals surface area contributed by atoms with E-state index in [0.29, 0.717) is 18.3 Å². The highest BCUT2D eigenvalue weighted by atomic mass is 35.5. The van der Waals surface area contributed by atoms with Crippen molar-refractivity contribution in [3.63, 3.8) is 0 Å². The molecule has 1 aromatic carbocycles. The first-order chi connectivity index (χ1) is 13.7. The number of nitrogens with zero attached hydrogens (tertiary/aromatic N) is 3. The number of aromatic nitrogens is 2. The molecule has 6 nitrogen and oxygen atoms in total. The predicted molar refractivity (Wildman–Crippen MR) is 118 cm³/mol. The van der Waals surface area contributed by atoms with Gasteiger partial charge >= 0.3 is 0 Å². The lowest BCUT2D eigenvalue weighted by Gasteiger charge is -2.28. The number of rotatable bonds is 6. The van der Waals surface area contributed by atoms with Crippen molar-refractivity contribution in [1.29, 1.82) is 0 Å². The van der Waals surface area contributed by atoms with Gasteiger partial charge in [-0.05, 0) is 63.9 Å². The molecule has 158 valence electrons. The van der Waals surface area contributed by atoms with Crippen LogP contribution in [0.1, 0.15) is 59.4 Å². The van der Waals surface area contributed by atoms with E-state index >= 15 is 0 Å². The SMILES string of the molecule is Cc1ccc(C(CNC(=O)c2ccn(C3CCCNC3)n2)N2CCCC2)cc1.Cl. The van der Waals surface area contributed by atoms with Crippen molar-refractivity contribution in [3.05, 3.63) is 53.3 Å². The van der Waals surface area contributed by atoms with Crippen LogP contribution in [0.2, 0.25) is 0 Å². The fraction of sp³-hybridized carbons (Fsp3) is 0.545. The van der Waals surface area contributed by atoms with Gasteiger partial charge in [0.1, 0.15) is 5.69 Å². The number of benzene rings is 1. The molecule has 2 N–H and O–H groups in total.